The van der Waals surface area contributed by atoms with Gasteiger partial charge in [0.1, 0.15) is 6.33 Å². The monoisotopic (exact) mass is 242 g/mol. The highest BCUT2D eigenvalue weighted by atomic mass is 16.2. The molecule has 7 heteroatoms. The number of hydrogen-bond donors (Lipinski definition) is 3. The SMILES string of the molecule is Cc1ccc2[nH]nc(C(=O)Nc3ncn[nH]3)c2c1. The van der Waals surface area contributed by atoms with E-state index in [0.29, 0.717) is 11.6 Å². The lowest BCUT2D eigenvalue weighted by molar-refractivity contribution is 0.102. The molecular formula is C11H10N6O. The van der Waals surface area contributed by atoms with Crippen molar-refractivity contribution in [2.24, 2.45) is 0 Å². The zero-order valence-electron chi connectivity index (χ0n) is 9.56. The standard InChI is InChI=1S/C11H10N6O/c1-6-2-3-8-7(4-6)9(16-15-8)10(18)14-11-12-5-13-17-11/h2-5H,1H3,(H,15,16)(H2,12,13,14,17,18). The quantitative estimate of drug-likeness (QED) is 0.629. The van der Waals surface area contributed by atoms with Crippen LogP contribution in [-0.4, -0.2) is 31.3 Å². The summed E-state index contributed by atoms with van der Waals surface area (Å²) in [5, 5.41) is 16.4. The van der Waals surface area contributed by atoms with Crippen LogP contribution < -0.4 is 5.32 Å². The van der Waals surface area contributed by atoms with Gasteiger partial charge in [0.2, 0.25) is 5.95 Å². The third-order valence-electron chi connectivity index (χ3n) is 2.58. The fourth-order valence-electron chi connectivity index (χ4n) is 1.73. The Labute approximate surface area is 102 Å². The molecule has 0 saturated carbocycles. The van der Waals surface area contributed by atoms with Crippen molar-refractivity contribution in [2.45, 2.75) is 6.92 Å². The summed E-state index contributed by atoms with van der Waals surface area (Å²) in [6, 6.07) is 5.76. The summed E-state index contributed by atoms with van der Waals surface area (Å²) >= 11 is 0. The van der Waals surface area contributed by atoms with Crippen LogP contribution in [-0.2, 0) is 0 Å². The summed E-state index contributed by atoms with van der Waals surface area (Å²) in [6.45, 7) is 1.96. The number of carbonyl (C=O) groups excluding carboxylic acids is 1. The molecule has 2 aromatic heterocycles. The maximum absolute atomic E-state index is 12.0. The first-order chi connectivity index (χ1) is 8.74. The van der Waals surface area contributed by atoms with Crippen LogP contribution in [0.15, 0.2) is 24.5 Å². The number of aromatic nitrogens is 5. The first-order valence-electron chi connectivity index (χ1n) is 5.35. The summed E-state index contributed by atoms with van der Waals surface area (Å²) in [7, 11) is 0. The molecular weight excluding hydrogens is 232 g/mol. The van der Waals surface area contributed by atoms with Crippen LogP contribution in [0.3, 0.4) is 0 Å². The van der Waals surface area contributed by atoms with Crippen LogP contribution in [0.2, 0.25) is 0 Å². The van der Waals surface area contributed by atoms with Crippen LogP contribution in [0.5, 0.6) is 0 Å². The van der Waals surface area contributed by atoms with Gasteiger partial charge in [-0.3, -0.25) is 15.2 Å². The van der Waals surface area contributed by atoms with Crippen LogP contribution in [0.4, 0.5) is 5.95 Å². The van der Waals surface area contributed by atoms with Crippen LogP contribution in [0, 0.1) is 6.92 Å². The van der Waals surface area contributed by atoms with Gasteiger partial charge in [0.15, 0.2) is 5.69 Å². The van der Waals surface area contributed by atoms with Gasteiger partial charge >= 0.3 is 0 Å². The molecule has 3 N–H and O–H groups in total. The lowest BCUT2D eigenvalue weighted by Gasteiger charge is -1.98. The Hall–Kier alpha value is -2.70. The van der Waals surface area contributed by atoms with Crippen LogP contribution >= 0.6 is 0 Å². The highest BCUT2D eigenvalue weighted by Crippen LogP contribution is 2.18. The van der Waals surface area contributed by atoms with Gasteiger partial charge in [-0.1, -0.05) is 11.6 Å². The zero-order chi connectivity index (χ0) is 12.5. The third-order valence-corrected chi connectivity index (χ3v) is 2.58. The summed E-state index contributed by atoms with van der Waals surface area (Å²) < 4.78 is 0. The Balaban J connectivity index is 1.98. The van der Waals surface area contributed by atoms with E-state index in [1.807, 2.05) is 25.1 Å². The molecule has 0 fully saturated rings. The molecule has 18 heavy (non-hydrogen) atoms. The number of nitrogens with one attached hydrogen (secondary N) is 3. The second-order valence-corrected chi connectivity index (χ2v) is 3.91. The molecule has 0 aliphatic rings. The van der Waals surface area contributed by atoms with Gasteiger partial charge in [-0.15, -0.1) is 0 Å². The van der Waals surface area contributed by atoms with Crippen molar-refractivity contribution in [1.29, 1.82) is 0 Å². The summed E-state index contributed by atoms with van der Waals surface area (Å²) in [5.74, 6) is -0.0348. The fraction of sp³-hybridized carbons (Fsp3) is 0.0909. The molecule has 0 unspecified atom stereocenters. The topological polar surface area (TPSA) is 99.3 Å². The molecule has 3 rings (SSSR count). The number of nitrogens with zero attached hydrogens (tertiary/aromatic N) is 3. The Bertz CT molecular complexity index is 699. The minimum absolute atomic E-state index is 0.295. The molecule has 7 nitrogen and oxygen atoms in total. The fourth-order valence-corrected chi connectivity index (χ4v) is 1.73. The maximum Gasteiger partial charge on any atom is 0.279 e. The van der Waals surface area contributed by atoms with Gasteiger partial charge < -0.3 is 0 Å². The molecule has 0 atom stereocenters. The summed E-state index contributed by atoms with van der Waals surface area (Å²) in [6.07, 6.45) is 1.32. The summed E-state index contributed by atoms with van der Waals surface area (Å²) in [4.78, 5) is 15.8. The average Bonchev–Trinajstić information content (AvgIpc) is 2.97. The minimum Gasteiger partial charge on any atom is -0.289 e. The predicted octanol–water partition coefficient (Wildman–Crippen LogP) is 1.24. The smallest absolute Gasteiger partial charge is 0.279 e. The molecule has 0 bridgehead atoms. The minimum atomic E-state index is -0.330. The molecule has 2 heterocycles. The van der Waals surface area contributed by atoms with Crippen molar-refractivity contribution in [3.05, 3.63) is 35.8 Å². The first kappa shape index (κ1) is 10.5. The molecule has 0 spiro atoms. The van der Waals surface area contributed by atoms with E-state index in [2.05, 4.69) is 30.7 Å². The molecule has 90 valence electrons. The van der Waals surface area contributed by atoms with E-state index in [0.717, 1.165) is 16.5 Å². The second kappa shape index (κ2) is 3.95. The molecule has 0 radical (unpaired) electrons. The normalized spacial score (nSPS) is 10.7. The van der Waals surface area contributed by atoms with Gasteiger partial charge in [0, 0.05) is 5.39 Å². The Morgan fingerprint density at radius 1 is 1.33 bits per heavy atom. The van der Waals surface area contributed by atoms with Crippen molar-refractivity contribution < 1.29 is 4.79 Å². The highest BCUT2D eigenvalue weighted by molar-refractivity contribution is 6.10. The number of hydrogen-bond acceptors (Lipinski definition) is 4. The van der Waals surface area contributed by atoms with Gasteiger partial charge in [-0.25, -0.2) is 5.10 Å². The van der Waals surface area contributed by atoms with Crippen molar-refractivity contribution in [3.8, 4) is 0 Å². The number of H-pyrrole nitrogens is 2. The van der Waals surface area contributed by atoms with Gasteiger partial charge in [0.25, 0.3) is 5.91 Å². The van der Waals surface area contributed by atoms with E-state index in [9.17, 15) is 4.79 Å². The molecule has 3 aromatic rings. The highest BCUT2D eigenvalue weighted by Gasteiger charge is 2.15. The number of aryl methyl sites for hydroxylation is 1. The molecule has 0 aliphatic carbocycles. The van der Waals surface area contributed by atoms with Crippen molar-refractivity contribution in [3.63, 3.8) is 0 Å². The van der Waals surface area contributed by atoms with Crippen LogP contribution in [0.25, 0.3) is 10.9 Å². The second-order valence-electron chi connectivity index (χ2n) is 3.91. The van der Waals surface area contributed by atoms with Gasteiger partial charge in [-0.2, -0.15) is 15.2 Å². The molecule has 0 aliphatic heterocycles. The molecule has 1 amide bonds. The first-order valence-corrected chi connectivity index (χ1v) is 5.35. The van der Waals surface area contributed by atoms with E-state index < -0.39 is 0 Å². The molecule has 0 saturated heterocycles. The number of carbonyl (C=O) groups is 1. The lowest BCUT2D eigenvalue weighted by Crippen LogP contribution is -2.13. The zero-order valence-corrected chi connectivity index (χ0v) is 9.56. The number of aromatic amines is 2. The van der Waals surface area contributed by atoms with Gasteiger partial charge in [-0.05, 0) is 19.1 Å². The summed E-state index contributed by atoms with van der Waals surface area (Å²) in [5.41, 5.74) is 2.23. The maximum atomic E-state index is 12.0. The number of benzene rings is 1. The van der Waals surface area contributed by atoms with Crippen LogP contribution in [0.1, 0.15) is 16.1 Å². The van der Waals surface area contributed by atoms with E-state index in [4.69, 9.17) is 0 Å². The number of amides is 1. The average molecular weight is 242 g/mol. The van der Waals surface area contributed by atoms with Gasteiger partial charge in [0.05, 0.1) is 5.52 Å². The van der Waals surface area contributed by atoms with E-state index >= 15 is 0 Å². The Kier molecular flexibility index (Phi) is 2.30. The number of rotatable bonds is 2. The largest absolute Gasteiger partial charge is 0.289 e. The van der Waals surface area contributed by atoms with E-state index in [1.165, 1.54) is 6.33 Å². The van der Waals surface area contributed by atoms with Crippen molar-refractivity contribution in [1.82, 2.24) is 25.4 Å². The number of anilines is 1. The van der Waals surface area contributed by atoms with Crippen molar-refractivity contribution >= 4 is 22.8 Å². The third kappa shape index (κ3) is 1.71. The predicted molar refractivity (Wildman–Crippen MR) is 65.2 cm³/mol. The number of fused-ring (bicyclic) bond motifs is 1. The van der Waals surface area contributed by atoms with Crippen molar-refractivity contribution in [2.75, 3.05) is 5.32 Å². The molecule has 1 aromatic carbocycles. The Morgan fingerprint density at radius 2 is 2.22 bits per heavy atom. The van der Waals surface area contributed by atoms with E-state index in [-0.39, 0.29) is 5.91 Å². The van der Waals surface area contributed by atoms with E-state index in [1.54, 1.807) is 0 Å². The lowest BCUT2D eigenvalue weighted by atomic mass is 10.1. The Morgan fingerprint density at radius 3 is 3.00 bits per heavy atom.